The Hall–Kier alpha value is -3.13. The van der Waals surface area contributed by atoms with Crippen LogP contribution in [0.1, 0.15) is 29.8 Å². The van der Waals surface area contributed by atoms with Crippen molar-refractivity contribution in [2.45, 2.75) is 19.3 Å². The lowest BCUT2D eigenvalue weighted by atomic mass is 10.2. The first-order valence-electron chi connectivity index (χ1n) is 10.7. The van der Waals surface area contributed by atoms with E-state index in [1.807, 2.05) is 43.3 Å². The van der Waals surface area contributed by atoms with Gasteiger partial charge < -0.3 is 25.2 Å². The Morgan fingerprint density at radius 1 is 1.16 bits per heavy atom. The molecular weight excluding hydrogens is 394 g/mol. The van der Waals surface area contributed by atoms with E-state index < -0.39 is 0 Å². The Labute approximate surface area is 183 Å². The SMILES string of the molecule is CN(C)CCNC(=O)CN1CCCCCOc2ccccc2Nc2cccc(n2)C1=O. The summed E-state index contributed by atoms with van der Waals surface area (Å²) in [6.07, 6.45) is 2.56. The van der Waals surface area contributed by atoms with E-state index in [4.69, 9.17) is 4.74 Å². The molecule has 8 nitrogen and oxygen atoms in total. The summed E-state index contributed by atoms with van der Waals surface area (Å²) in [7, 11) is 3.90. The highest BCUT2D eigenvalue weighted by Crippen LogP contribution is 2.27. The van der Waals surface area contributed by atoms with Gasteiger partial charge in [0.15, 0.2) is 0 Å². The maximum absolute atomic E-state index is 13.2. The predicted molar refractivity (Wildman–Crippen MR) is 121 cm³/mol. The summed E-state index contributed by atoms with van der Waals surface area (Å²) in [4.78, 5) is 33.6. The molecule has 0 saturated heterocycles. The number of benzene rings is 1. The second-order valence-electron chi connectivity index (χ2n) is 7.82. The van der Waals surface area contributed by atoms with E-state index >= 15 is 0 Å². The lowest BCUT2D eigenvalue weighted by molar-refractivity contribution is -0.121. The first kappa shape index (κ1) is 22.6. The first-order valence-corrected chi connectivity index (χ1v) is 10.7. The molecule has 0 unspecified atom stereocenters. The molecule has 0 radical (unpaired) electrons. The van der Waals surface area contributed by atoms with Gasteiger partial charge in [-0.3, -0.25) is 9.59 Å². The zero-order valence-corrected chi connectivity index (χ0v) is 18.3. The zero-order chi connectivity index (χ0) is 22.1. The number of ether oxygens (including phenoxy) is 1. The third-order valence-electron chi connectivity index (χ3n) is 4.95. The molecular formula is C23H31N5O3. The average Bonchev–Trinajstić information content (AvgIpc) is 2.75. The summed E-state index contributed by atoms with van der Waals surface area (Å²) in [5.74, 6) is 0.902. The molecule has 1 aromatic heterocycles. The molecule has 0 spiro atoms. The van der Waals surface area contributed by atoms with Gasteiger partial charge in [0.25, 0.3) is 5.91 Å². The fourth-order valence-electron chi connectivity index (χ4n) is 3.28. The number of aromatic nitrogens is 1. The Kier molecular flexibility index (Phi) is 8.23. The van der Waals surface area contributed by atoms with Gasteiger partial charge in [-0.2, -0.15) is 0 Å². The third-order valence-corrected chi connectivity index (χ3v) is 4.95. The lowest BCUT2D eigenvalue weighted by Crippen LogP contribution is -2.43. The number of pyridine rings is 1. The van der Waals surface area contributed by atoms with Crippen LogP contribution in [0.4, 0.5) is 11.5 Å². The number of carbonyl (C=O) groups is 2. The molecule has 0 saturated carbocycles. The number of hydrogen-bond acceptors (Lipinski definition) is 6. The second-order valence-corrected chi connectivity index (χ2v) is 7.82. The van der Waals surface area contributed by atoms with Gasteiger partial charge in [-0.05, 0) is 57.6 Å². The van der Waals surface area contributed by atoms with Gasteiger partial charge in [-0.15, -0.1) is 0 Å². The minimum atomic E-state index is -0.243. The van der Waals surface area contributed by atoms with Crippen LogP contribution in [0.25, 0.3) is 0 Å². The Bertz CT molecular complexity index is 887. The molecule has 2 bridgehead atoms. The summed E-state index contributed by atoms with van der Waals surface area (Å²) in [5.41, 5.74) is 1.11. The monoisotopic (exact) mass is 425 g/mol. The Balaban J connectivity index is 1.77. The van der Waals surface area contributed by atoms with Crippen LogP contribution in [0, 0.1) is 0 Å². The van der Waals surface area contributed by atoms with Crippen LogP contribution < -0.4 is 15.4 Å². The molecule has 0 aliphatic carbocycles. The summed E-state index contributed by atoms with van der Waals surface area (Å²) < 4.78 is 5.94. The van der Waals surface area contributed by atoms with Crippen LogP contribution in [-0.2, 0) is 4.79 Å². The average molecular weight is 426 g/mol. The summed E-state index contributed by atoms with van der Waals surface area (Å²) in [6, 6.07) is 13.0. The van der Waals surface area contributed by atoms with E-state index in [-0.39, 0.29) is 18.4 Å². The minimum Gasteiger partial charge on any atom is -0.491 e. The van der Waals surface area contributed by atoms with E-state index in [0.29, 0.717) is 31.2 Å². The van der Waals surface area contributed by atoms with Gasteiger partial charge in [0, 0.05) is 19.6 Å². The van der Waals surface area contributed by atoms with Crippen LogP contribution in [0.15, 0.2) is 42.5 Å². The standard InChI is InChI=1S/C23H31N5O3/c1-27(2)15-13-24-22(29)17-28-14-6-3-7-16-31-20-11-5-4-9-18(20)25-21-12-8-10-19(26-21)23(28)30/h4-5,8-12H,3,6-7,13-17H2,1-2H3,(H,24,29)(H,25,26). The summed E-state index contributed by atoms with van der Waals surface area (Å²) >= 11 is 0. The third kappa shape index (κ3) is 6.96. The van der Waals surface area contributed by atoms with E-state index in [1.54, 1.807) is 23.1 Å². The molecule has 0 atom stereocenters. The number of anilines is 2. The Morgan fingerprint density at radius 2 is 2.00 bits per heavy atom. The lowest BCUT2D eigenvalue weighted by Gasteiger charge is -2.23. The van der Waals surface area contributed by atoms with E-state index in [9.17, 15) is 9.59 Å². The maximum Gasteiger partial charge on any atom is 0.273 e. The highest BCUT2D eigenvalue weighted by molar-refractivity contribution is 5.95. The molecule has 3 rings (SSSR count). The number of nitrogens with one attached hydrogen (secondary N) is 2. The molecule has 2 amide bonds. The predicted octanol–water partition coefficient (Wildman–Crippen LogP) is 2.51. The molecule has 166 valence electrons. The molecule has 2 N–H and O–H groups in total. The number of carbonyl (C=O) groups excluding carboxylic acids is 2. The number of nitrogens with zero attached hydrogens (tertiary/aromatic N) is 3. The number of hydrogen-bond donors (Lipinski definition) is 2. The van der Waals surface area contributed by atoms with Gasteiger partial charge in [0.1, 0.15) is 17.3 Å². The van der Waals surface area contributed by atoms with Crippen LogP contribution in [0.3, 0.4) is 0 Å². The van der Waals surface area contributed by atoms with E-state index in [1.165, 1.54) is 0 Å². The molecule has 31 heavy (non-hydrogen) atoms. The van der Waals surface area contributed by atoms with Crippen molar-refractivity contribution in [1.82, 2.24) is 20.1 Å². The maximum atomic E-state index is 13.2. The van der Waals surface area contributed by atoms with Crippen molar-refractivity contribution < 1.29 is 14.3 Å². The number of likely N-dealkylation sites (N-methyl/N-ethyl adjacent to an activating group) is 1. The smallest absolute Gasteiger partial charge is 0.273 e. The largest absolute Gasteiger partial charge is 0.491 e. The van der Waals surface area contributed by atoms with Gasteiger partial charge >= 0.3 is 0 Å². The second kappa shape index (κ2) is 11.3. The highest BCUT2D eigenvalue weighted by Gasteiger charge is 2.20. The van der Waals surface area contributed by atoms with Crippen molar-refractivity contribution in [1.29, 1.82) is 0 Å². The van der Waals surface area contributed by atoms with Crippen molar-refractivity contribution in [2.24, 2.45) is 0 Å². The van der Waals surface area contributed by atoms with Crippen molar-refractivity contribution in [2.75, 3.05) is 52.2 Å². The fourth-order valence-corrected chi connectivity index (χ4v) is 3.28. The van der Waals surface area contributed by atoms with Gasteiger partial charge in [0.2, 0.25) is 5.91 Å². The fraction of sp³-hybridized carbons (Fsp3) is 0.435. The van der Waals surface area contributed by atoms with E-state index in [0.717, 1.165) is 37.2 Å². The molecule has 8 heteroatoms. The topological polar surface area (TPSA) is 86.8 Å². The van der Waals surface area contributed by atoms with Crippen LogP contribution in [-0.4, -0.2) is 73.5 Å². The number of para-hydroxylation sites is 2. The molecule has 1 aromatic carbocycles. The van der Waals surface area contributed by atoms with Crippen molar-refractivity contribution in [3.05, 3.63) is 48.2 Å². The van der Waals surface area contributed by atoms with Crippen LogP contribution in [0.2, 0.25) is 0 Å². The molecule has 1 aliphatic heterocycles. The van der Waals surface area contributed by atoms with Crippen LogP contribution in [0.5, 0.6) is 5.75 Å². The van der Waals surface area contributed by atoms with Crippen molar-refractivity contribution >= 4 is 23.3 Å². The Morgan fingerprint density at radius 3 is 2.84 bits per heavy atom. The van der Waals surface area contributed by atoms with Crippen LogP contribution >= 0.6 is 0 Å². The number of amides is 2. The zero-order valence-electron chi connectivity index (χ0n) is 18.3. The van der Waals surface area contributed by atoms with Gasteiger partial charge in [-0.1, -0.05) is 18.2 Å². The number of fused-ring (bicyclic) bond motifs is 3. The summed E-state index contributed by atoms with van der Waals surface area (Å²) in [6.45, 7) is 2.39. The van der Waals surface area contributed by atoms with Crippen molar-refractivity contribution in [3.8, 4) is 5.75 Å². The van der Waals surface area contributed by atoms with Gasteiger partial charge in [0.05, 0.1) is 18.8 Å². The molecule has 2 aromatic rings. The van der Waals surface area contributed by atoms with E-state index in [2.05, 4.69) is 15.6 Å². The number of rotatable bonds is 5. The molecule has 1 aliphatic rings. The quantitative estimate of drug-likeness (QED) is 0.766. The first-order chi connectivity index (χ1) is 15.0. The summed E-state index contributed by atoms with van der Waals surface area (Å²) in [5, 5.41) is 6.12. The molecule has 0 fully saturated rings. The highest BCUT2D eigenvalue weighted by atomic mass is 16.5. The minimum absolute atomic E-state index is 0.0188. The molecule has 2 heterocycles. The van der Waals surface area contributed by atoms with Gasteiger partial charge in [-0.25, -0.2) is 4.98 Å². The normalized spacial score (nSPS) is 14.8. The van der Waals surface area contributed by atoms with Crippen molar-refractivity contribution in [3.63, 3.8) is 0 Å².